The van der Waals surface area contributed by atoms with E-state index in [4.69, 9.17) is 0 Å². The Kier molecular flexibility index (Phi) is 5.88. The molecular formula is C12H26N2O. The van der Waals surface area contributed by atoms with E-state index in [0.717, 1.165) is 6.54 Å². The fraction of sp³-hybridized carbons (Fsp3) is 0.917. The van der Waals surface area contributed by atoms with Crippen LogP contribution < -0.4 is 10.6 Å². The summed E-state index contributed by atoms with van der Waals surface area (Å²) in [5, 5.41) is 6.28. The molecule has 1 amide bonds. The van der Waals surface area contributed by atoms with E-state index in [1.807, 2.05) is 6.92 Å². The Balaban J connectivity index is 3.67. The van der Waals surface area contributed by atoms with Crippen molar-refractivity contribution in [1.29, 1.82) is 0 Å². The van der Waals surface area contributed by atoms with Crippen molar-refractivity contribution in [2.45, 2.75) is 59.5 Å². The Morgan fingerprint density at radius 3 is 2.13 bits per heavy atom. The van der Waals surface area contributed by atoms with Gasteiger partial charge in [-0.15, -0.1) is 0 Å². The molecule has 0 radical (unpaired) electrons. The zero-order valence-corrected chi connectivity index (χ0v) is 11.0. The van der Waals surface area contributed by atoms with Gasteiger partial charge in [0.1, 0.15) is 0 Å². The Morgan fingerprint density at radius 1 is 1.20 bits per heavy atom. The molecule has 0 saturated carbocycles. The molecule has 3 nitrogen and oxygen atoms in total. The van der Waals surface area contributed by atoms with Crippen molar-refractivity contribution in [1.82, 2.24) is 10.6 Å². The van der Waals surface area contributed by atoms with Crippen LogP contribution in [0.4, 0.5) is 0 Å². The average molecular weight is 214 g/mol. The Bertz CT molecular complexity index is 194. The van der Waals surface area contributed by atoms with Crippen LogP contribution in [0.3, 0.4) is 0 Å². The largest absolute Gasteiger partial charge is 0.353 e. The summed E-state index contributed by atoms with van der Waals surface area (Å²) in [4.78, 5) is 11.5. The normalized spacial score (nSPS) is 14.1. The average Bonchev–Trinajstić information content (AvgIpc) is 2.01. The first kappa shape index (κ1) is 14.4. The van der Waals surface area contributed by atoms with E-state index < -0.39 is 0 Å². The van der Waals surface area contributed by atoms with Gasteiger partial charge < -0.3 is 10.6 Å². The van der Waals surface area contributed by atoms with Gasteiger partial charge in [-0.3, -0.25) is 4.79 Å². The summed E-state index contributed by atoms with van der Waals surface area (Å²) in [5.74, 6) is 0.623. The third-order valence-electron chi connectivity index (χ3n) is 2.40. The number of rotatable bonds is 5. The number of nitrogens with one attached hydrogen (secondary N) is 2. The molecule has 0 fully saturated rings. The van der Waals surface area contributed by atoms with Gasteiger partial charge in [-0.05, 0) is 33.6 Å². The molecule has 2 N–H and O–H groups in total. The molecule has 0 rings (SSSR count). The first-order valence-electron chi connectivity index (χ1n) is 5.77. The molecule has 90 valence electrons. The van der Waals surface area contributed by atoms with Crippen LogP contribution in [-0.4, -0.2) is 24.0 Å². The number of carbonyl (C=O) groups is 1. The van der Waals surface area contributed by atoms with Crippen molar-refractivity contribution in [2.24, 2.45) is 5.92 Å². The van der Waals surface area contributed by atoms with E-state index in [0.29, 0.717) is 12.3 Å². The molecule has 0 saturated heterocycles. The number of amides is 1. The molecule has 0 heterocycles. The van der Waals surface area contributed by atoms with Crippen LogP contribution in [0.15, 0.2) is 0 Å². The Hall–Kier alpha value is -0.570. The van der Waals surface area contributed by atoms with Gasteiger partial charge in [-0.25, -0.2) is 0 Å². The van der Waals surface area contributed by atoms with Crippen molar-refractivity contribution in [3.63, 3.8) is 0 Å². The molecule has 0 aliphatic heterocycles. The van der Waals surface area contributed by atoms with Crippen LogP contribution >= 0.6 is 0 Å². The van der Waals surface area contributed by atoms with Gasteiger partial charge in [0, 0.05) is 24.5 Å². The smallest absolute Gasteiger partial charge is 0.221 e. The van der Waals surface area contributed by atoms with Gasteiger partial charge in [0.2, 0.25) is 5.91 Å². The molecule has 0 aliphatic rings. The molecule has 0 spiro atoms. The first-order chi connectivity index (χ1) is 6.72. The third-order valence-corrected chi connectivity index (χ3v) is 2.40. The standard InChI is InChI=1S/C12H26N2O/c1-9(2)10(3)14-11(15)7-8-13-12(4,5)6/h9-10,13H,7-8H2,1-6H3,(H,14,15). The quantitative estimate of drug-likeness (QED) is 0.734. The van der Waals surface area contributed by atoms with Crippen LogP contribution in [0.25, 0.3) is 0 Å². The monoisotopic (exact) mass is 214 g/mol. The zero-order valence-electron chi connectivity index (χ0n) is 11.0. The van der Waals surface area contributed by atoms with E-state index in [1.54, 1.807) is 0 Å². The van der Waals surface area contributed by atoms with E-state index in [-0.39, 0.29) is 17.5 Å². The van der Waals surface area contributed by atoms with Crippen molar-refractivity contribution >= 4 is 5.91 Å². The Labute approximate surface area is 94.0 Å². The summed E-state index contributed by atoms with van der Waals surface area (Å²) < 4.78 is 0. The van der Waals surface area contributed by atoms with Gasteiger partial charge >= 0.3 is 0 Å². The molecule has 0 bridgehead atoms. The SMILES string of the molecule is CC(C)C(C)NC(=O)CCNC(C)(C)C. The van der Waals surface area contributed by atoms with Crippen LogP contribution in [0.5, 0.6) is 0 Å². The highest BCUT2D eigenvalue weighted by atomic mass is 16.1. The van der Waals surface area contributed by atoms with Crippen molar-refractivity contribution in [2.75, 3.05) is 6.54 Å². The highest BCUT2D eigenvalue weighted by molar-refractivity contribution is 5.76. The van der Waals surface area contributed by atoms with Crippen LogP contribution in [0, 0.1) is 5.92 Å². The molecule has 0 aromatic heterocycles. The van der Waals surface area contributed by atoms with Crippen molar-refractivity contribution < 1.29 is 4.79 Å². The summed E-state index contributed by atoms with van der Waals surface area (Å²) in [6, 6.07) is 0.257. The minimum absolute atomic E-state index is 0.0872. The highest BCUT2D eigenvalue weighted by Gasteiger charge is 2.12. The molecule has 1 atom stereocenters. The lowest BCUT2D eigenvalue weighted by Crippen LogP contribution is -2.41. The summed E-state index contributed by atoms with van der Waals surface area (Å²) >= 11 is 0. The lowest BCUT2D eigenvalue weighted by molar-refractivity contribution is -0.121. The van der Waals surface area contributed by atoms with Gasteiger partial charge in [0.25, 0.3) is 0 Å². The molecular weight excluding hydrogens is 188 g/mol. The van der Waals surface area contributed by atoms with Crippen molar-refractivity contribution in [3.8, 4) is 0 Å². The molecule has 15 heavy (non-hydrogen) atoms. The maximum absolute atomic E-state index is 11.5. The number of carbonyl (C=O) groups excluding carboxylic acids is 1. The van der Waals surface area contributed by atoms with Gasteiger partial charge in [0.05, 0.1) is 0 Å². The predicted molar refractivity (Wildman–Crippen MR) is 64.8 cm³/mol. The van der Waals surface area contributed by atoms with E-state index >= 15 is 0 Å². The summed E-state index contributed by atoms with van der Waals surface area (Å²) in [6.45, 7) is 13.3. The molecule has 3 heteroatoms. The fourth-order valence-corrected chi connectivity index (χ4v) is 1.04. The number of hydrogen-bond donors (Lipinski definition) is 2. The maximum atomic E-state index is 11.5. The van der Waals surface area contributed by atoms with Gasteiger partial charge in [-0.2, -0.15) is 0 Å². The fourth-order valence-electron chi connectivity index (χ4n) is 1.04. The van der Waals surface area contributed by atoms with E-state index in [1.165, 1.54) is 0 Å². The third kappa shape index (κ3) is 8.43. The molecule has 1 unspecified atom stereocenters. The van der Waals surface area contributed by atoms with Crippen LogP contribution in [0.1, 0.15) is 48.0 Å². The minimum Gasteiger partial charge on any atom is -0.353 e. The second-order valence-corrected chi connectivity index (χ2v) is 5.53. The second-order valence-electron chi connectivity index (χ2n) is 5.53. The van der Waals surface area contributed by atoms with E-state index in [9.17, 15) is 4.79 Å². The van der Waals surface area contributed by atoms with Crippen LogP contribution in [-0.2, 0) is 4.79 Å². The topological polar surface area (TPSA) is 41.1 Å². The first-order valence-corrected chi connectivity index (χ1v) is 5.77. The molecule has 0 aromatic rings. The van der Waals surface area contributed by atoms with Crippen LogP contribution in [0.2, 0.25) is 0 Å². The predicted octanol–water partition coefficient (Wildman–Crippen LogP) is 1.93. The van der Waals surface area contributed by atoms with Crippen molar-refractivity contribution in [3.05, 3.63) is 0 Å². The highest BCUT2D eigenvalue weighted by Crippen LogP contribution is 2.01. The molecule has 0 aromatic carbocycles. The lowest BCUT2D eigenvalue weighted by Gasteiger charge is -2.21. The zero-order chi connectivity index (χ0) is 12.1. The number of hydrogen-bond acceptors (Lipinski definition) is 2. The lowest BCUT2D eigenvalue weighted by atomic mass is 10.1. The second kappa shape index (κ2) is 6.11. The minimum atomic E-state index is 0.0872. The molecule has 0 aliphatic carbocycles. The van der Waals surface area contributed by atoms with E-state index in [2.05, 4.69) is 45.3 Å². The van der Waals surface area contributed by atoms with Gasteiger partial charge in [0.15, 0.2) is 0 Å². The summed E-state index contributed by atoms with van der Waals surface area (Å²) in [7, 11) is 0. The summed E-state index contributed by atoms with van der Waals surface area (Å²) in [5.41, 5.74) is 0.0872. The van der Waals surface area contributed by atoms with Gasteiger partial charge in [-0.1, -0.05) is 13.8 Å². The maximum Gasteiger partial charge on any atom is 0.221 e. The summed E-state index contributed by atoms with van der Waals surface area (Å²) in [6.07, 6.45) is 0.550. The Morgan fingerprint density at radius 2 is 1.73 bits per heavy atom.